The second-order valence-corrected chi connectivity index (χ2v) is 9.97. The van der Waals surface area contributed by atoms with Gasteiger partial charge < -0.3 is 4.90 Å². The van der Waals surface area contributed by atoms with Crippen molar-refractivity contribution >= 4 is 33.3 Å². The maximum atomic E-state index is 5.09. The molecule has 0 amide bonds. The van der Waals surface area contributed by atoms with Crippen LogP contribution in [0.5, 0.6) is 0 Å². The molecule has 0 atom stereocenters. The molecule has 0 saturated heterocycles. The molecule has 8 rings (SSSR count). The van der Waals surface area contributed by atoms with E-state index in [1.807, 2.05) is 66.9 Å². The van der Waals surface area contributed by atoms with Crippen molar-refractivity contribution in [2.75, 3.05) is 6.54 Å². The largest absolute Gasteiger partial charge is 0.307 e. The Morgan fingerprint density at radius 1 is 0.561 bits per heavy atom. The Kier molecular flexibility index (Phi) is 5.42. The minimum Gasteiger partial charge on any atom is -0.307 e. The molecule has 0 N–H and O–H groups in total. The van der Waals surface area contributed by atoms with E-state index in [0.29, 0.717) is 24.0 Å². The average Bonchev–Trinajstić information content (AvgIpc) is 3.39. The summed E-state index contributed by atoms with van der Waals surface area (Å²) < 4.78 is 2.25. The van der Waals surface area contributed by atoms with Crippen LogP contribution in [-0.2, 0) is 0 Å². The predicted octanol–water partition coefficient (Wildman–Crippen LogP) is 7.33. The Hall–Kier alpha value is -5.62. The van der Waals surface area contributed by atoms with Crippen LogP contribution in [0.2, 0.25) is 0 Å². The van der Waals surface area contributed by atoms with Crippen LogP contribution in [0.25, 0.3) is 50.2 Å². The number of hydrogen-bond acceptors (Lipinski definition) is 5. The minimum absolute atomic E-state index is 0.592. The fraction of sp³-hybridized carbons (Fsp3) is 0.0286. The van der Waals surface area contributed by atoms with Gasteiger partial charge in [-0.25, -0.2) is 19.9 Å². The highest BCUT2D eigenvalue weighted by atomic mass is 15.3. The first-order chi connectivity index (χ1) is 20.3. The van der Waals surface area contributed by atoms with Crippen molar-refractivity contribution in [3.63, 3.8) is 0 Å². The molecule has 6 aromatic rings. The van der Waals surface area contributed by atoms with E-state index in [1.54, 1.807) is 0 Å². The molecule has 0 unspecified atom stereocenters. The third-order valence-corrected chi connectivity index (χ3v) is 7.52. The Morgan fingerprint density at radius 3 is 1.71 bits per heavy atom. The summed E-state index contributed by atoms with van der Waals surface area (Å²) in [6, 6.07) is 37.1. The van der Waals surface area contributed by atoms with Crippen molar-refractivity contribution < 1.29 is 0 Å². The Labute approximate surface area is 237 Å². The average molecular weight is 529 g/mol. The van der Waals surface area contributed by atoms with Crippen molar-refractivity contribution in [2.24, 2.45) is 4.99 Å². The summed E-state index contributed by atoms with van der Waals surface area (Å²) in [5.41, 5.74) is 5.98. The van der Waals surface area contributed by atoms with Gasteiger partial charge in [0.1, 0.15) is 0 Å². The van der Waals surface area contributed by atoms with Gasteiger partial charge in [0, 0.05) is 34.6 Å². The van der Waals surface area contributed by atoms with Crippen molar-refractivity contribution in [2.45, 2.75) is 0 Å². The number of aliphatic imine (C=N–C) groups is 1. The zero-order valence-corrected chi connectivity index (χ0v) is 22.1. The SMILES string of the molecule is C1=CCN2C(=C1)C(c1nc(-c3ccccc3)nc(-c3ccccc3)n1)=CN=C2n1c2ccccc2c2ccccc21. The molecule has 194 valence electrons. The van der Waals surface area contributed by atoms with E-state index < -0.39 is 0 Å². The van der Waals surface area contributed by atoms with E-state index in [9.17, 15) is 0 Å². The summed E-state index contributed by atoms with van der Waals surface area (Å²) in [5.74, 6) is 2.70. The number of benzene rings is 4. The molecule has 6 nitrogen and oxygen atoms in total. The van der Waals surface area contributed by atoms with Gasteiger partial charge in [-0.3, -0.25) is 4.57 Å². The van der Waals surface area contributed by atoms with Crippen molar-refractivity contribution in [3.05, 3.63) is 145 Å². The molecule has 6 heteroatoms. The smallest absolute Gasteiger partial charge is 0.215 e. The number of aromatic nitrogens is 4. The fourth-order valence-electron chi connectivity index (χ4n) is 5.61. The standard InChI is InChI=1S/C35H24N6/c1-3-13-24(14-4-1)32-37-33(25-15-5-2-6-16-25)39-34(38-32)28-23-36-35(40-22-12-11-19-29(28)40)41-30-20-9-7-17-26(30)27-18-8-10-21-31(27)41/h1-21,23H,22H2. The van der Waals surface area contributed by atoms with E-state index in [-0.39, 0.29) is 0 Å². The number of hydrogen-bond donors (Lipinski definition) is 0. The first kappa shape index (κ1) is 23.3. The van der Waals surface area contributed by atoms with Crippen LogP contribution in [0.3, 0.4) is 0 Å². The molecule has 0 saturated carbocycles. The molecule has 2 aliphatic rings. The van der Waals surface area contributed by atoms with Gasteiger partial charge in [-0.15, -0.1) is 0 Å². The van der Waals surface area contributed by atoms with Crippen LogP contribution in [0.15, 0.2) is 144 Å². The van der Waals surface area contributed by atoms with E-state index in [0.717, 1.165) is 39.4 Å². The summed E-state index contributed by atoms with van der Waals surface area (Å²) in [6.07, 6.45) is 8.26. The Balaban J connectivity index is 1.35. The summed E-state index contributed by atoms with van der Waals surface area (Å²) in [6.45, 7) is 0.686. The van der Waals surface area contributed by atoms with E-state index in [4.69, 9.17) is 19.9 Å². The van der Waals surface area contributed by atoms with Crippen LogP contribution in [0, 0.1) is 0 Å². The Morgan fingerprint density at radius 2 is 1.10 bits per heavy atom. The first-order valence-electron chi connectivity index (χ1n) is 13.6. The molecule has 4 aromatic carbocycles. The van der Waals surface area contributed by atoms with Crippen LogP contribution in [-0.4, -0.2) is 36.9 Å². The first-order valence-corrected chi connectivity index (χ1v) is 13.6. The molecule has 2 aromatic heterocycles. The van der Waals surface area contributed by atoms with Gasteiger partial charge in [0.15, 0.2) is 17.5 Å². The fourth-order valence-corrected chi connectivity index (χ4v) is 5.61. The molecule has 0 radical (unpaired) electrons. The van der Waals surface area contributed by atoms with Gasteiger partial charge >= 0.3 is 0 Å². The number of nitrogens with zero attached hydrogens (tertiary/aromatic N) is 6. The molecule has 0 bridgehead atoms. The molecule has 0 aliphatic carbocycles. The topological polar surface area (TPSA) is 59.2 Å². The van der Waals surface area contributed by atoms with Crippen LogP contribution >= 0.6 is 0 Å². The third kappa shape index (κ3) is 3.88. The lowest BCUT2D eigenvalue weighted by Crippen LogP contribution is -2.38. The van der Waals surface area contributed by atoms with Gasteiger partial charge in [-0.05, 0) is 18.2 Å². The number of fused-ring (bicyclic) bond motifs is 4. The second kappa shape index (κ2) is 9.54. The number of rotatable bonds is 3. The number of allylic oxidation sites excluding steroid dienone is 3. The highest BCUT2D eigenvalue weighted by molar-refractivity contribution is 6.14. The molecule has 0 fully saturated rings. The third-order valence-electron chi connectivity index (χ3n) is 7.52. The zero-order chi connectivity index (χ0) is 27.2. The van der Waals surface area contributed by atoms with Gasteiger partial charge in [-0.1, -0.05) is 109 Å². The molecule has 4 heterocycles. The van der Waals surface area contributed by atoms with Crippen molar-refractivity contribution in [1.29, 1.82) is 0 Å². The van der Waals surface area contributed by atoms with Crippen LogP contribution < -0.4 is 0 Å². The Bertz CT molecular complexity index is 1960. The summed E-state index contributed by atoms with van der Waals surface area (Å²) in [4.78, 5) is 22.1. The molecule has 2 aliphatic heterocycles. The van der Waals surface area contributed by atoms with Crippen LogP contribution in [0.4, 0.5) is 0 Å². The molecule has 0 spiro atoms. The lowest BCUT2D eigenvalue weighted by Gasteiger charge is -2.33. The lowest BCUT2D eigenvalue weighted by molar-refractivity contribution is 0.561. The van der Waals surface area contributed by atoms with E-state index in [1.165, 1.54) is 10.8 Å². The van der Waals surface area contributed by atoms with Crippen LogP contribution in [0.1, 0.15) is 5.82 Å². The molecular weight excluding hydrogens is 504 g/mol. The van der Waals surface area contributed by atoms with Gasteiger partial charge in [0.05, 0.1) is 22.3 Å². The maximum Gasteiger partial charge on any atom is 0.215 e. The number of para-hydroxylation sites is 2. The van der Waals surface area contributed by atoms with E-state index in [2.05, 4.69) is 76.2 Å². The zero-order valence-electron chi connectivity index (χ0n) is 22.1. The summed E-state index contributed by atoms with van der Waals surface area (Å²) in [5, 5.41) is 2.41. The lowest BCUT2D eigenvalue weighted by atomic mass is 10.1. The summed E-state index contributed by atoms with van der Waals surface area (Å²) in [7, 11) is 0. The molecule has 41 heavy (non-hydrogen) atoms. The van der Waals surface area contributed by atoms with Crippen molar-refractivity contribution in [1.82, 2.24) is 24.4 Å². The highest BCUT2D eigenvalue weighted by Gasteiger charge is 2.29. The quantitative estimate of drug-likeness (QED) is 0.241. The second-order valence-electron chi connectivity index (χ2n) is 9.97. The summed E-state index contributed by atoms with van der Waals surface area (Å²) >= 11 is 0. The van der Waals surface area contributed by atoms with Gasteiger partial charge in [0.25, 0.3) is 0 Å². The molecular formula is C35H24N6. The monoisotopic (exact) mass is 528 g/mol. The predicted molar refractivity (Wildman–Crippen MR) is 165 cm³/mol. The van der Waals surface area contributed by atoms with Gasteiger partial charge in [0.2, 0.25) is 5.96 Å². The van der Waals surface area contributed by atoms with Crippen molar-refractivity contribution in [3.8, 4) is 22.8 Å². The normalized spacial score (nSPS) is 14.5. The minimum atomic E-state index is 0.592. The van der Waals surface area contributed by atoms with E-state index >= 15 is 0 Å². The highest BCUT2D eigenvalue weighted by Crippen LogP contribution is 2.35. The maximum absolute atomic E-state index is 5.09. The van der Waals surface area contributed by atoms with Gasteiger partial charge in [-0.2, -0.15) is 0 Å².